The zero-order chi connectivity index (χ0) is 19.8. The number of aryl methyl sites for hydroxylation is 2. The molecule has 0 fully saturated rings. The molecule has 2 aromatic carbocycles. The van der Waals surface area contributed by atoms with Gasteiger partial charge in [-0.2, -0.15) is 0 Å². The summed E-state index contributed by atoms with van der Waals surface area (Å²) in [6.45, 7) is 8.05. The molecule has 4 rings (SSSR count). The molecule has 0 saturated heterocycles. The number of carbonyl (C=O) groups is 1. The molecule has 0 radical (unpaired) electrons. The molecule has 1 aliphatic heterocycles. The molecule has 5 nitrogen and oxygen atoms in total. The number of amides is 1. The van der Waals surface area contributed by atoms with Crippen molar-refractivity contribution in [2.75, 3.05) is 4.90 Å². The van der Waals surface area contributed by atoms with Crippen LogP contribution in [0.3, 0.4) is 0 Å². The highest BCUT2D eigenvalue weighted by molar-refractivity contribution is 8.00. The minimum Gasteiger partial charge on any atom is -0.411 e. The van der Waals surface area contributed by atoms with E-state index in [0.717, 1.165) is 28.8 Å². The fourth-order valence-electron chi connectivity index (χ4n) is 3.77. The third-order valence-corrected chi connectivity index (χ3v) is 5.87. The standard InChI is InChI=1S/C22H23N3O2S/c1-13-9-14(2)11-18(10-13)20-23-24-22(27-20)28-16(4)21(26)25-15(3)12-17-7-5-6-8-19(17)25/h5-11,15-16H,12H2,1-4H3/t15-,16+/m1/s1. The number of anilines is 1. The van der Waals surface area contributed by atoms with Crippen molar-refractivity contribution < 1.29 is 9.21 Å². The van der Waals surface area contributed by atoms with E-state index < -0.39 is 0 Å². The quantitative estimate of drug-likeness (QED) is 0.595. The van der Waals surface area contributed by atoms with Crippen LogP contribution in [0.25, 0.3) is 11.5 Å². The predicted molar refractivity (Wildman–Crippen MR) is 112 cm³/mol. The van der Waals surface area contributed by atoms with Crippen molar-refractivity contribution in [2.24, 2.45) is 0 Å². The lowest BCUT2D eigenvalue weighted by molar-refractivity contribution is -0.118. The SMILES string of the molecule is Cc1cc(C)cc(-c2nnc(S[C@@H](C)C(=O)N3c4ccccc4C[C@H]3C)o2)c1. The Morgan fingerprint density at radius 2 is 1.89 bits per heavy atom. The summed E-state index contributed by atoms with van der Waals surface area (Å²) in [7, 11) is 0. The van der Waals surface area contributed by atoms with Crippen LogP contribution in [0.2, 0.25) is 0 Å². The molecule has 0 N–H and O–H groups in total. The van der Waals surface area contributed by atoms with E-state index in [9.17, 15) is 4.79 Å². The molecule has 28 heavy (non-hydrogen) atoms. The van der Waals surface area contributed by atoms with Crippen LogP contribution in [0.1, 0.15) is 30.5 Å². The number of aromatic nitrogens is 2. The number of thioether (sulfide) groups is 1. The second kappa shape index (κ2) is 7.43. The lowest BCUT2D eigenvalue weighted by Crippen LogP contribution is -2.40. The van der Waals surface area contributed by atoms with Crippen molar-refractivity contribution in [2.45, 2.75) is 50.6 Å². The van der Waals surface area contributed by atoms with Crippen LogP contribution in [-0.4, -0.2) is 27.4 Å². The van der Waals surface area contributed by atoms with E-state index in [0.29, 0.717) is 11.1 Å². The van der Waals surface area contributed by atoms with E-state index in [1.807, 2.05) is 56.0 Å². The van der Waals surface area contributed by atoms with Crippen LogP contribution in [-0.2, 0) is 11.2 Å². The number of hydrogen-bond donors (Lipinski definition) is 0. The van der Waals surface area contributed by atoms with Gasteiger partial charge in [0, 0.05) is 17.3 Å². The Labute approximate surface area is 169 Å². The zero-order valence-electron chi connectivity index (χ0n) is 16.5. The van der Waals surface area contributed by atoms with Crippen LogP contribution in [0.4, 0.5) is 5.69 Å². The highest BCUT2D eigenvalue weighted by Crippen LogP contribution is 2.35. The maximum Gasteiger partial charge on any atom is 0.277 e. The largest absolute Gasteiger partial charge is 0.411 e. The van der Waals surface area contributed by atoms with Crippen molar-refractivity contribution in [3.63, 3.8) is 0 Å². The third kappa shape index (κ3) is 3.56. The summed E-state index contributed by atoms with van der Waals surface area (Å²) in [6, 6.07) is 14.4. The molecule has 1 aromatic heterocycles. The first kappa shape index (κ1) is 18.7. The van der Waals surface area contributed by atoms with Gasteiger partial charge < -0.3 is 9.32 Å². The highest BCUT2D eigenvalue weighted by atomic mass is 32.2. The number of hydrogen-bond acceptors (Lipinski definition) is 5. The van der Waals surface area contributed by atoms with Gasteiger partial charge in [-0.15, -0.1) is 10.2 Å². The molecule has 1 aliphatic rings. The normalized spacial score (nSPS) is 16.9. The van der Waals surface area contributed by atoms with E-state index >= 15 is 0 Å². The smallest absolute Gasteiger partial charge is 0.277 e. The number of rotatable bonds is 4. The lowest BCUT2D eigenvalue weighted by atomic mass is 10.1. The maximum atomic E-state index is 13.1. The maximum absolute atomic E-state index is 13.1. The molecule has 2 heterocycles. The zero-order valence-corrected chi connectivity index (χ0v) is 17.3. The Hall–Kier alpha value is -2.60. The minimum atomic E-state index is -0.318. The average molecular weight is 394 g/mol. The fourth-order valence-corrected chi connectivity index (χ4v) is 4.50. The first-order valence-corrected chi connectivity index (χ1v) is 10.3. The van der Waals surface area contributed by atoms with Gasteiger partial charge in [-0.3, -0.25) is 4.79 Å². The summed E-state index contributed by atoms with van der Waals surface area (Å²) in [4.78, 5) is 15.0. The molecule has 0 bridgehead atoms. The van der Waals surface area contributed by atoms with Crippen molar-refractivity contribution >= 4 is 23.4 Å². The molecule has 1 amide bonds. The molecule has 2 atom stereocenters. The van der Waals surface area contributed by atoms with E-state index in [1.165, 1.54) is 17.3 Å². The second-order valence-corrected chi connectivity index (χ2v) is 8.69. The van der Waals surface area contributed by atoms with Crippen LogP contribution < -0.4 is 4.90 Å². The topological polar surface area (TPSA) is 59.2 Å². The van der Waals surface area contributed by atoms with Gasteiger partial charge in [-0.05, 0) is 57.9 Å². The Morgan fingerprint density at radius 1 is 1.18 bits per heavy atom. The number of nitrogens with zero attached hydrogens (tertiary/aromatic N) is 3. The summed E-state index contributed by atoms with van der Waals surface area (Å²) >= 11 is 1.31. The van der Waals surface area contributed by atoms with Gasteiger partial charge in [0.05, 0.1) is 5.25 Å². The summed E-state index contributed by atoms with van der Waals surface area (Å²) in [5, 5.41) is 8.40. The van der Waals surface area contributed by atoms with Crippen LogP contribution >= 0.6 is 11.8 Å². The minimum absolute atomic E-state index is 0.0635. The van der Waals surface area contributed by atoms with Crippen molar-refractivity contribution in [3.8, 4) is 11.5 Å². The molecule has 0 saturated carbocycles. The van der Waals surface area contributed by atoms with Gasteiger partial charge in [0.15, 0.2) is 0 Å². The predicted octanol–water partition coefficient (Wildman–Crippen LogP) is 4.81. The number of para-hydroxylation sites is 1. The molecular formula is C22H23N3O2S. The van der Waals surface area contributed by atoms with Gasteiger partial charge >= 0.3 is 0 Å². The highest BCUT2D eigenvalue weighted by Gasteiger charge is 2.34. The Kier molecular flexibility index (Phi) is 4.98. The first-order valence-electron chi connectivity index (χ1n) is 9.42. The van der Waals surface area contributed by atoms with Gasteiger partial charge in [0.1, 0.15) is 0 Å². The molecular weight excluding hydrogens is 370 g/mol. The van der Waals surface area contributed by atoms with Crippen LogP contribution in [0.15, 0.2) is 52.1 Å². The average Bonchev–Trinajstić information content (AvgIpc) is 3.23. The van der Waals surface area contributed by atoms with Gasteiger partial charge in [0.25, 0.3) is 5.22 Å². The molecule has 0 unspecified atom stereocenters. The van der Waals surface area contributed by atoms with Crippen molar-refractivity contribution in [1.29, 1.82) is 0 Å². The van der Waals surface area contributed by atoms with Crippen LogP contribution in [0, 0.1) is 13.8 Å². The Bertz CT molecular complexity index is 1010. The molecule has 0 aliphatic carbocycles. The van der Waals surface area contributed by atoms with Gasteiger partial charge in [-0.1, -0.05) is 47.2 Å². The monoisotopic (exact) mass is 393 g/mol. The van der Waals surface area contributed by atoms with E-state index in [2.05, 4.69) is 29.3 Å². The van der Waals surface area contributed by atoms with Crippen molar-refractivity contribution in [1.82, 2.24) is 10.2 Å². The summed E-state index contributed by atoms with van der Waals surface area (Å²) in [5.41, 5.74) is 5.42. The molecule has 3 aromatic rings. The second-order valence-electron chi connectivity index (χ2n) is 7.40. The summed E-state index contributed by atoms with van der Waals surface area (Å²) in [5.74, 6) is 0.544. The fraction of sp³-hybridized carbons (Fsp3) is 0.318. The molecule has 144 valence electrons. The Morgan fingerprint density at radius 3 is 2.64 bits per heavy atom. The molecule has 0 spiro atoms. The number of carbonyl (C=O) groups excluding carboxylic acids is 1. The summed E-state index contributed by atoms with van der Waals surface area (Å²) < 4.78 is 5.83. The van der Waals surface area contributed by atoms with E-state index in [1.54, 1.807) is 0 Å². The molecule has 6 heteroatoms. The van der Waals surface area contributed by atoms with Crippen molar-refractivity contribution in [3.05, 3.63) is 59.2 Å². The summed E-state index contributed by atoms with van der Waals surface area (Å²) in [6.07, 6.45) is 0.886. The lowest BCUT2D eigenvalue weighted by Gasteiger charge is -2.25. The number of benzene rings is 2. The van der Waals surface area contributed by atoms with E-state index in [4.69, 9.17) is 4.42 Å². The van der Waals surface area contributed by atoms with Gasteiger partial charge in [0.2, 0.25) is 11.8 Å². The van der Waals surface area contributed by atoms with Gasteiger partial charge in [-0.25, -0.2) is 0 Å². The Balaban J connectivity index is 1.51. The van der Waals surface area contributed by atoms with Crippen LogP contribution in [0.5, 0.6) is 0 Å². The van der Waals surface area contributed by atoms with E-state index in [-0.39, 0.29) is 17.2 Å². The number of fused-ring (bicyclic) bond motifs is 1. The third-order valence-electron chi connectivity index (χ3n) is 4.95. The first-order chi connectivity index (χ1) is 13.4.